The molecule has 0 spiro atoms. The molecule has 0 N–H and O–H groups in total. The van der Waals surface area contributed by atoms with Crippen LogP contribution in [0.4, 0.5) is 5.82 Å². The van der Waals surface area contributed by atoms with Gasteiger partial charge in [-0.05, 0) is 25.0 Å². The van der Waals surface area contributed by atoms with E-state index in [1.165, 1.54) is 12.8 Å². The molecule has 1 saturated carbocycles. The number of nitrogens with zero attached hydrogens (tertiary/aromatic N) is 5. The molecule has 2 unspecified atom stereocenters. The van der Waals surface area contributed by atoms with Gasteiger partial charge in [-0.2, -0.15) is 0 Å². The molecule has 28 heavy (non-hydrogen) atoms. The standard InChI is InChI=1S/C20H22ClN5O2/c21-14-3-4-18(23-8-14)25-6-5-20(27)26-12-16(7-15(26)11-25)28-19-10-22-17(9-24-19)13-1-2-13/h3-4,8-10,13,15-16H,1-2,5-7,11-12H2. The summed E-state index contributed by atoms with van der Waals surface area (Å²) in [5.74, 6) is 2.14. The summed E-state index contributed by atoms with van der Waals surface area (Å²) in [6.07, 6.45) is 8.78. The lowest BCUT2D eigenvalue weighted by atomic mass is 10.2. The Morgan fingerprint density at radius 1 is 1.07 bits per heavy atom. The van der Waals surface area contributed by atoms with Crippen molar-refractivity contribution in [3.05, 3.63) is 41.4 Å². The molecule has 2 atom stereocenters. The third-order valence-electron chi connectivity index (χ3n) is 5.69. The van der Waals surface area contributed by atoms with Crippen molar-refractivity contribution in [3.63, 3.8) is 0 Å². The van der Waals surface area contributed by atoms with E-state index in [0.717, 1.165) is 24.5 Å². The summed E-state index contributed by atoms with van der Waals surface area (Å²) in [6, 6.07) is 3.84. The Kier molecular flexibility index (Phi) is 4.55. The minimum Gasteiger partial charge on any atom is -0.471 e. The van der Waals surface area contributed by atoms with Crippen LogP contribution in [0.15, 0.2) is 30.7 Å². The zero-order valence-corrected chi connectivity index (χ0v) is 16.3. The highest BCUT2D eigenvalue weighted by atomic mass is 35.5. The van der Waals surface area contributed by atoms with E-state index < -0.39 is 0 Å². The predicted molar refractivity (Wildman–Crippen MR) is 105 cm³/mol. The van der Waals surface area contributed by atoms with E-state index in [0.29, 0.717) is 36.3 Å². The maximum atomic E-state index is 12.6. The van der Waals surface area contributed by atoms with Crippen molar-refractivity contribution in [2.45, 2.75) is 43.7 Å². The minimum atomic E-state index is -0.0619. The Morgan fingerprint density at radius 3 is 2.68 bits per heavy atom. The molecule has 146 valence electrons. The van der Waals surface area contributed by atoms with E-state index >= 15 is 0 Å². The number of fused-ring (bicyclic) bond motifs is 1. The molecule has 2 aromatic rings. The van der Waals surface area contributed by atoms with Crippen LogP contribution in [0, 0.1) is 0 Å². The van der Waals surface area contributed by atoms with Crippen LogP contribution < -0.4 is 9.64 Å². The second kappa shape index (κ2) is 7.20. The van der Waals surface area contributed by atoms with Crippen LogP contribution in [0.1, 0.15) is 37.3 Å². The highest BCUT2D eigenvalue weighted by Gasteiger charge is 2.39. The summed E-state index contributed by atoms with van der Waals surface area (Å²) in [6.45, 7) is 2.00. The largest absolute Gasteiger partial charge is 0.471 e. The Hall–Kier alpha value is -2.41. The van der Waals surface area contributed by atoms with Crippen LogP contribution in [0.5, 0.6) is 5.88 Å². The number of aromatic nitrogens is 3. The van der Waals surface area contributed by atoms with Crippen molar-refractivity contribution in [3.8, 4) is 5.88 Å². The molecular weight excluding hydrogens is 378 g/mol. The molecule has 0 aromatic carbocycles. The lowest BCUT2D eigenvalue weighted by Gasteiger charge is -2.26. The number of anilines is 1. The molecule has 3 aliphatic rings. The number of halogens is 1. The van der Waals surface area contributed by atoms with Crippen molar-refractivity contribution < 1.29 is 9.53 Å². The summed E-state index contributed by atoms with van der Waals surface area (Å²) in [5, 5.41) is 0.611. The molecule has 0 radical (unpaired) electrons. The number of carbonyl (C=O) groups excluding carboxylic acids is 1. The first-order valence-corrected chi connectivity index (χ1v) is 10.2. The van der Waals surface area contributed by atoms with Gasteiger partial charge in [0.25, 0.3) is 0 Å². The number of amides is 1. The molecular formula is C20H22ClN5O2. The molecule has 2 saturated heterocycles. The van der Waals surface area contributed by atoms with Crippen molar-refractivity contribution in [2.75, 3.05) is 24.5 Å². The second-order valence-corrected chi connectivity index (χ2v) is 8.20. The summed E-state index contributed by atoms with van der Waals surface area (Å²) in [7, 11) is 0. The molecule has 2 aliphatic heterocycles. The monoisotopic (exact) mass is 399 g/mol. The van der Waals surface area contributed by atoms with Gasteiger partial charge >= 0.3 is 0 Å². The third kappa shape index (κ3) is 3.63. The lowest BCUT2D eigenvalue weighted by Crippen LogP contribution is -2.38. The van der Waals surface area contributed by atoms with Crippen molar-refractivity contribution in [1.29, 1.82) is 0 Å². The second-order valence-electron chi connectivity index (χ2n) is 7.76. The fourth-order valence-electron chi connectivity index (χ4n) is 4.07. The molecule has 5 rings (SSSR count). The molecule has 2 aromatic heterocycles. The summed E-state index contributed by atoms with van der Waals surface area (Å²) < 4.78 is 6.05. The van der Waals surface area contributed by atoms with Gasteiger partial charge in [0.15, 0.2) is 0 Å². The molecule has 1 amide bonds. The Morgan fingerprint density at radius 2 is 1.96 bits per heavy atom. The van der Waals surface area contributed by atoms with E-state index in [4.69, 9.17) is 16.3 Å². The minimum absolute atomic E-state index is 0.0619. The first-order valence-electron chi connectivity index (χ1n) is 9.80. The maximum absolute atomic E-state index is 12.6. The average molecular weight is 400 g/mol. The van der Waals surface area contributed by atoms with Crippen molar-refractivity contribution >= 4 is 23.3 Å². The van der Waals surface area contributed by atoms with Crippen LogP contribution in [0.2, 0.25) is 5.02 Å². The van der Waals surface area contributed by atoms with Crippen LogP contribution in [0.25, 0.3) is 0 Å². The highest BCUT2D eigenvalue weighted by molar-refractivity contribution is 6.30. The number of carbonyl (C=O) groups is 1. The van der Waals surface area contributed by atoms with Gasteiger partial charge in [-0.3, -0.25) is 9.78 Å². The van der Waals surface area contributed by atoms with Gasteiger partial charge in [0.05, 0.1) is 35.7 Å². The van der Waals surface area contributed by atoms with Gasteiger partial charge in [0.2, 0.25) is 11.8 Å². The van der Waals surface area contributed by atoms with Crippen molar-refractivity contribution in [2.24, 2.45) is 0 Å². The number of rotatable bonds is 4. The van der Waals surface area contributed by atoms with Crippen LogP contribution in [0.3, 0.4) is 0 Å². The molecule has 3 fully saturated rings. The number of pyridine rings is 1. The first-order chi connectivity index (χ1) is 13.7. The zero-order valence-electron chi connectivity index (χ0n) is 15.5. The molecule has 4 heterocycles. The smallest absolute Gasteiger partial charge is 0.232 e. The van der Waals surface area contributed by atoms with E-state index in [2.05, 4.69) is 19.9 Å². The predicted octanol–water partition coefficient (Wildman–Crippen LogP) is 2.66. The first kappa shape index (κ1) is 17.7. The summed E-state index contributed by atoms with van der Waals surface area (Å²) in [5.41, 5.74) is 1.05. The van der Waals surface area contributed by atoms with Crippen LogP contribution in [-0.2, 0) is 4.79 Å². The number of hydrogen-bond acceptors (Lipinski definition) is 6. The van der Waals surface area contributed by atoms with Gasteiger partial charge in [0.1, 0.15) is 11.9 Å². The van der Waals surface area contributed by atoms with Gasteiger partial charge in [-0.1, -0.05) is 11.6 Å². The molecule has 8 heteroatoms. The lowest BCUT2D eigenvalue weighted by molar-refractivity contribution is -0.131. The van der Waals surface area contributed by atoms with E-state index in [1.54, 1.807) is 12.4 Å². The van der Waals surface area contributed by atoms with Crippen molar-refractivity contribution in [1.82, 2.24) is 19.9 Å². The average Bonchev–Trinajstić information content (AvgIpc) is 3.49. The molecule has 0 bridgehead atoms. The van der Waals surface area contributed by atoms with Gasteiger partial charge in [-0.15, -0.1) is 0 Å². The molecule has 1 aliphatic carbocycles. The van der Waals surface area contributed by atoms with E-state index in [1.807, 2.05) is 23.2 Å². The van der Waals surface area contributed by atoms with E-state index in [9.17, 15) is 4.79 Å². The van der Waals surface area contributed by atoms with Gasteiger partial charge in [0, 0.05) is 38.0 Å². The quantitative estimate of drug-likeness (QED) is 0.787. The number of hydrogen-bond donors (Lipinski definition) is 0. The van der Waals surface area contributed by atoms with Crippen LogP contribution >= 0.6 is 11.6 Å². The molecule has 7 nitrogen and oxygen atoms in total. The number of ether oxygens (including phenoxy) is 1. The fourth-order valence-corrected chi connectivity index (χ4v) is 4.18. The maximum Gasteiger partial charge on any atom is 0.232 e. The van der Waals surface area contributed by atoms with E-state index in [-0.39, 0.29) is 18.1 Å². The summed E-state index contributed by atoms with van der Waals surface area (Å²) in [4.78, 5) is 30.0. The SMILES string of the molecule is O=C1CCN(c2ccc(Cl)cn2)CC2CC(Oc3cnc(C4CC4)cn3)CN12. The van der Waals surface area contributed by atoms with Crippen LogP contribution in [-0.4, -0.2) is 57.5 Å². The summed E-state index contributed by atoms with van der Waals surface area (Å²) >= 11 is 5.95. The third-order valence-corrected chi connectivity index (χ3v) is 5.91. The van der Waals surface area contributed by atoms with Gasteiger partial charge in [-0.25, -0.2) is 9.97 Å². The van der Waals surface area contributed by atoms with Gasteiger partial charge < -0.3 is 14.5 Å². The Bertz CT molecular complexity index is 856. The normalized spacial score (nSPS) is 24.8. The topological polar surface area (TPSA) is 71.5 Å². The zero-order chi connectivity index (χ0) is 19.1. The fraction of sp³-hybridized carbons (Fsp3) is 0.500. The Labute approximate surface area is 168 Å². The highest BCUT2D eigenvalue weighted by Crippen LogP contribution is 2.38. The Balaban J connectivity index is 1.26.